The summed E-state index contributed by atoms with van der Waals surface area (Å²) in [7, 11) is 0. The van der Waals surface area contributed by atoms with Gasteiger partial charge in [-0.25, -0.2) is 0 Å². The van der Waals surface area contributed by atoms with Gasteiger partial charge in [0.15, 0.2) is 5.78 Å². The summed E-state index contributed by atoms with van der Waals surface area (Å²) in [6.45, 7) is 0. The fourth-order valence-corrected chi connectivity index (χ4v) is 2.78. The van der Waals surface area contributed by atoms with E-state index in [1.54, 1.807) is 6.08 Å². The lowest BCUT2D eigenvalue weighted by atomic mass is 9.94. The Labute approximate surface area is 104 Å². The van der Waals surface area contributed by atoms with Crippen LogP contribution >= 0.6 is 0 Å². The molecule has 0 radical (unpaired) electrons. The van der Waals surface area contributed by atoms with Gasteiger partial charge >= 0.3 is 0 Å². The molecule has 0 spiro atoms. The predicted octanol–water partition coefficient (Wildman–Crippen LogP) is 1.76. The van der Waals surface area contributed by atoms with E-state index in [4.69, 9.17) is 0 Å². The van der Waals surface area contributed by atoms with Gasteiger partial charge in [0.2, 0.25) is 0 Å². The Balaban J connectivity index is 2.38. The topological polar surface area (TPSA) is 17.1 Å². The van der Waals surface area contributed by atoms with Gasteiger partial charge in [0.05, 0.1) is 0 Å². The molecule has 2 aromatic rings. The van der Waals surface area contributed by atoms with Crippen molar-refractivity contribution < 1.29 is 4.79 Å². The van der Waals surface area contributed by atoms with Gasteiger partial charge in [-0.3, -0.25) is 4.79 Å². The van der Waals surface area contributed by atoms with Crippen LogP contribution in [0.15, 0.2) is 42.5 Å². The maximum atomic E-state index is 12.3. The summed E-state index contributed by atoms with van der Waals surface area (Å²) < 4.78 is 0. The van der Waals surface area contributed by atoms with Crippen molar-refractivity contribution in [3.63, 3.8) is 0 Å². The number of fused-ring (bicyclic) bond motifs is 4. The smallest absolute Gasteiger partial charge is 0.187 e. The van der Waals surface area contributed by atoms with E-state index in [9.17, 15) is 4.79 Å². The monoisotopic (exact) mass is 230 g/mol. The third-order valence-electron chi connectivity index (χ3n) is 3.60. The van der Waals surface area contributed by atoms with Gasteiger partial charge in [0, 0.05) is 5.56 Å². The minimum atomic E-state index is 0.112. The number of rotatable bonds is 0. The molecule has 0 aromatic heterocycles. The highest BCUT2D eigenvalue weighted by molar-refractivity contribution is 6.19. The molecule has 1 nitrogen and oxygen atoms in total. The average molecular weight is 230 g/mol. The van der Waals surface area contributed by atoms with Crippen molar-refractivity contribution in [1.82, 2.24) is 0 Å². The van der Waals surface area contributed by atoms with Crippen LogP contribution in [-0.4, -0.2) is 5.78 Å². The number of ketones is 1. The van der Waals surface area contributed by atoms with E-state index in [1.165, 1.54) is 0 Å². The maximum Gasteiger partial charge on any atom is 0.187 e. The van der Waals surface area contributed by atoms with Crippen molar-refractivity contribution in [2.75, 3.05) is 0 Å². The molecule has 1 heteroatoms. The summed E-state index contributed by atoms with van der Waals surface area (Å²) in [5, 5.41) is 4.35. The highest BCUT2D eigenvalue weighted by Gasteiger charge is 2.15. The van der Waals surface area contributed by atoms with E-state index in [1.807, 2.05) is 36.4 Å². The fourth-order valence-electron chi connectivity index (χ4n) is 2.78. The lowest BCUT2D eigenvalue weighted by molar-refractivity contribution is 0.106. The minimum Gasteiger partial charge on any atom is -0.289 e. The van der Waals surface area contributed by atoms with Crippen molar-refractivity contribution in [1.29, 1.82) is 0 Å². The summed E-state index contributed by atoms with van der Waals surface area (Å²) in [5.41, 5.74) is 1.90. The van der Waals surface area contributed by atoms with E-state index >= 15 is 0 Å². The number of benzene rings is 2. The first-order valence-electron chi connectivity index (χ1n) is 6.01. The lowest BCUT2D eigenvalue weighted by Crippen LogP contribution is -2.18. The van der Waals surface area contributed by atoms with Crippen LogP contribution in [-0.2, 0) is 0 Å². The van der Waals surface area contributed by atoms with Crippen LogP contribution in [0, 0.1) is 10.4 Å². The number of carbonyl (C=O) groups excluding carboxylic acids is 1. The van der Waals surface area contributed by atoms with Gasteiger partial charge in [-0.05, 0) is 32.5 Å². The first kappa shape index (κ1) is 9.60. The van der Waals surface area contributed by atoms with Gasteiger partial charge in [0.1, 0.15) is 0 Å². The Morgan fingerprint density at radius 2 is 1.72 bits per heavy atom. The van der Waals surface area contributed by atoms with E-state index in [2.05, 4.69) is 18.2 Å². The molecule has 2 aliphatic carbocycles. The molecule has 0 fully saturated rings. The fraction of sp³-hybridized carbons (Fsp3) is 0. The molecule has 84 valence electrons. The van der Waals surface area contributed by atoms with Crippen LogP contribution < -0.4 is 10.4 Å². The summed E-state index contributed by atoms with van der Waals surface area (Å²) in [6, 6.07) is 12.2. The van der Waals surface area contributed by atoms with Crippen LogP contribution in [0.1, 0.15) is 15.9 Å². The Bertz CT molecular complexity index is 931. The number of carbonyl (C=O) groups is 1. The van der Waals surface area contributed by atoms with Gasteiger partial charge in [0.25, 0.3) is 0 Å². The Morgan fingerprint density at radius 3 is 2.67 bits per heavy atom. The summed E-state index contributed by atoms with van der Waals surface area (Å²) >= 11 is 0. The quantitative estimate of drug-likeness (QED) is 0.674. The molecule has 4 rings (SSSR count). The molecule has 0 saturated carbocycles. The van der Waals surface area contributed by atoms with Gasteiger partial charge in [-0.1, -0.05) is 54.6 Å². The SMILES string of the molecule is O=C1C=c2ccccc2=c2ccc3c(c21)C=CC=3. The van der Waals surface area contributed by atoms with E-state index in [-0.39, 0.29) is 5.78 Å². The van der Waals surface area contributed by atoms with Crippen molar-refractivity contribution in [3.8, 4) is 0 Å². The molecule has 2 aliphatic rings. The zero-order valence-corrected chi connectivity index (χ0v) is 9.68. The molecule has 0 unspecified atom stereocenters. The molecule has 0 atom stereocenters. The van der Waals surface area contributed by atoms with Crippen LogP contribution in [0.4, 0.5) is 0 Å². The van der Waals surface area contributed by atoms with Gasteiger partial charge in [-0.15, -0.1) is 0 Å². The first-order chi connectivity index (χ1) is 8.84. The minimum absolute atomic E-state index is 0.112. The zero-order chi connectivity index (χ0) is 12.1. The van der Waals surface area contributed by atoms with Gasteiger partial charge < -0.3 is 0 Å². The number of hydrogen-bond donors (Lipinski definition) is 0. The molecule has 0 bridgehead atoms. The van der Waals surface area contributed by atoms with Crippen LogP contribution in [0.5, 0.6) is 0 Å². The molecule has 2 aromatic carbocycles. The summed E-state index contributed by atoms with van der Waals surface area (Å²) in [5.74, 6) is 0.112. The van der Waals surface area contributed by atoms with Crippen LogP contribution in [0.2, 0.25) is 0 Å². The maximum absolute atomic E-state index is 12.3. The Morgan fingerprint density at radius 1 is 0.833 bits per heavy atom. The molecule has 18 heavy (non-hydrogen) atoms. The third-order valence-corrected chi connectivity index (χ3v) is 3.60. The van der Waals surface area contributed by atoms with Crippen molar-refractivity contribution in [3.05, 3.63) is 74.5 Å². The highest BCUT2D eigenvalue weighted by atomic mass is 16.1. The standard InChI is InChI=1S/C17H10O/c18-16-10-12-4-1-2-6-13(12)15-9-8-11-5-3-7-14(11)17(15)16/h1-10H. The summed E-state index contributed by atoms with van der Waals surface area (Å²) in [4.78, 5) is 12.3. The largest absolute Gasteiger partial charge is 0.289 e. The van der Waals surface area contributed by atoms with Gasteiger partial charge in [-0.2, -0.15) is 0 Å². The van der Waals surface area contributed by atoms with E-state index in [0.717, 1.165) is 32.0 Å². The third kappa shape index (κ3) is 1.13. The second-order valence-electron chi connectivity index (χ2n) is 4.61. The van der Waals surface area contributed by atoms with Crippen molar-refractivity contribution in [2.45, 2.75) is 0 Å². The molecular formula is C17H10O. The number of allylic oxidation sites excluding steroid dienone is 1. The lowest BCUT2D eigenvalue weighted by Gasteiger charge is -2.08. The van der Waals surface area contributed by atoms with Crippen LogP contribution in [0.25, 0.3) is 18.2 Å². The van der Waals surface area contributed by atoms with Crippen molar-refractivity contribution >= 4 is 24.0 Å². The normalized spacial score (nSPS) is 14.3. The predicted molar refractivity (Wildman–Crippen MR) is 72.1 cm³/mol. The molecule has 0 saturated heterocycles. The number of hydrogen-bond acceptors (Lipinski definition) is 1. The van der Waals surface area contributed by atoms with Crippen LogP contribution in [0.3, 0.4) is 0 Å². The second kappa shape index (κ2) is 3.30. The van der Waals surface area contributed by atoms with Crippen molar-refractivity contribution in [2.24, 2.45) is 0 Å². The highest BCUT2D eigenvalue weighted by Crippen LogP contribution is 2.16. The molecule has 0 N–H and O–H groups in total. The van der Waals surface area contributed by atoms with E-state index in [0.29, 0.717) is 0 Å². The van der Waals surface area contributed by atoms with E-state index < -0.39 is 0 Å². The molecule has 0 aliphatic heterocycles. The molecule has 0 amide bonds. The first-order valence-corrected chi connectivity index (χ1v) is 6.01. The zero-order valence-electron chi connectivity index (χ0n) is 9.68. The second-order valence-corrected chi connectivity index (χ2v) is 4.61. The molecule has 0 heterocycles. The average Bonchev–Trinajstić information content (AvgIpc) is 2.86. The Hall–Kier alpha value is -2.41. The number of Topliss-reactive ketones (excluding diaryl/α,β-unsaturated/α-hetero) is 1. The summed E-state index contributed by atoms with van der Waals surface area (Å²) in [6.07, 6.45) is 7.81. The molecular weight excluding hydrogens is 220 g/mol. The Kier molecular flexibility index (Phi) is 1.76.